The Hall–Kier alpha value is -2.21. The molecule has 0 spiro atoms. The first kappa shape index (κ1) is 12.8. The Morgan fingerprint density at radius 1 is 1.20 bits per heavy atom. The molecule has 0 fully saturated rings. The van der Waals surface area contributed by atoms with Crippen molar-refractivity contribution in [2.45, 2.75) is 6.61 Å². The van der Waals surface area contributed by atoms with Crippen LogP contribution in [0.15, 0.2) is 42.6 Å². The third-order valence-electron chi connectivity index (χ3n) is 2.68. The fourth-order valence-corrected chi connectivity index (χ4v) is 2.02. The van der Waals surface area contributed by atoms with Crippen LogP contribution in [0, 0.1) is 0 Å². The summed E-state index contributed by atoms with van der Waals surface area (Å²) in [5.74, 6) is 0.0782. The maximum absolute atomic E-state index is 12.2. The highest BCUT2D eigenvalue weighted by Crippen LogP contribution is 2.25. The van der Waals surface area contributed by atoms with Crippen molar-refractivity contribution < 1.29 is 13.5 Å². The lowest BCUT2D eigenvalue weighted by Gasteiger charge is -2.06. The van der Waals surface area contributed by atoms with Crippen LogP contribution >= 0.6 is 11.6 Å². The number of fused-ring (bicyclic) bond motifs is 1. The highest BCUT2D eigenvalue weighted by Gasteiger charge is 2.10. The Kier molecular flexibility index (Phi) is 3.23. The highest BCUT2D eigenvalue weighted by atomic mass is 35.5. The minimum Gasteiger partial charge on any atom is -0.435 e. The van der Waals surface area contributed by atoms with Crippen LogP contribution in [0.4, 0.5) is 8.78 Å². The van der Waals surface area contributed by atoms with E-state index in [0.717, 1.165) is 0 Å². The number of rotatable bonds is 3. The summed E-state index contributed by atoms with van der Waals surface area (Å²) in [6.07, 6.45) is 1.60. The van der Waals surface area contributed by atoms with E-state index in [1.54, 1.807) is 35.0 Å². The molecule has 1 aromatic carbocycles. The smallest absolute Gasteiger partial charge is 0.387 e. The van der Waals surface area contributed by atoms with Crippen molar-refractivity contribution in [3.05, 3.63) is 47.7 Å². The molecule has 0 bridgehead atoms. The molecule has 102 valence electrons. The summed E-state index contributed by atoms with van der Waals surface area (Å²) in [5.41, 5.74) is 1.91. The standard InChI is InChI=1S/C13H8ClF2N3O/c14-11-4-5-12-17-7-10(19(12)18-11)8-2-1-3-9(6-8)20-13(15)16/h1-7,13H. The van der Waals surface area contributed by atoms with Crippen LogP contribution in [0.3, 0.4) is 0 Å². The molecule has 0 radical (unpaired) electrons. The number of aromatic nitrogens is 3. The van der Waals surface area contributed by atoms with Crippen molar-refractivity contribution in [3.8, 4) is 17.0 Å². The summed E-state index contributed by atoms with van der Waals surface area (Å²) in [4.78, 5) is 4.18. The van der Waals surface area contributed by atoms with E-state index in [9.17, 15) is 8.78 Å². The first-order valence-electron chi connectivity index (χ1n) is 5.69. The highest BCUT2D eigenvalue weighted by molar-refractivity contribution is 6.29. The monoisotopic (exact) mass is 295 g/mol. The summed E-state index contributed by atoms with van der Waals surface area (Å²) in [7, 11) is 0. The van der Waals surface area contributed by atoms with Crippen LogP contribution in [-0.4, -0.2) is 21.2 Å². The van der Waals surface area contributed by atoms with Gasteiger partial charge in [-0.15, -0.1) is 0 Å². The van der Waals surface area contributed by atoms with E-state index in [4.69, 9.17) is 11.6 Å². The molecule has 0 amide bonds. The molecule has 0 saturated carbocycles. The largest absolute Gasteiger partial charge is 0.435 e. The lowest BCUT2D eigenvalue weighted by Crippen LogP contribution is -2.02. The zero-order valence-electron chi connectivity index (χ0n) is 10.0. The van der Waals surface area contributed by atoms with E-state index >= 15 is 0 Å². The van der Waals surface area contributed by atoms with E-state index in [-0.39, 0.29) is 5.75 Å². The minimum atomic E-state index is -2.86. The summed E-state index contributed by atoms with van der Waals surface area (Å²) in [6, 6.07) is 9.68. The lowest BCUT2D eigenvalue weighted by atomic mass is 10.1. The Labute approximate surface area is 117 Å². The second kappa shape index (κ2) is 5.05. The summed E-state index contributed by atoms with van der Waals surface area (Å²) in [6.45, 7) is -2.86. The van der Waals surface area contributed by atoms with Gasteiger partial charge < -0.3 is 4.74 Å². The number of imidazole rings is 1. The van der Waals surface area contributed by atoms with Gasteiger partial charge in [-0.3, -0.25) is 0 Å². The Bertz CT molecular complexity index is 760. The molecule has 20 heavy (non-hydrogen) atoms. The van der Waals surface area contributed by atoms with Gasteiger partial charge in [0.1, 0.15) is 10.9 Å². The molecule has 0 aliphatic heterocycles. The van der Waals surface area contributed by atoms with Crippen LogP contribution in [0.2, 0.25) is 5.15 Å². The summed E-state index contributed by atoms with van der Waals surface area (Å²) < 4.78 is 30.4. The Morgan fingerprint density at radius 3 is 2.85 bits per heavy atom. The molecule has 0 aliphatic carbocycles. The normalized spacial score (nSPS) is 11.2. The molecule has 0 atom stereocenters. The van der Waals surface area contributed by atoms with E-state index < -0.39 is 6.61 Å². The summed E-state index contributed by atoms with van der Waals surface area (Å²) >= 11 is 5.85. The number of hydrogen-bond donors (Lipinski definition) is 0. The molecule has 3 rings (SSSR count). The van der Waals surface area contributed by atoms with Gasteiger partial charge >= 0.3 is 6.61 Å². The first-order chi connectivity index (χ1) is 9.63. The molecule has 2 aromatic heterocycles. The van der Waals surface area contributed by atoms with E-state index in [2.05, 4.69) is 14.8 Å². The molecule has 7 heteroatoms. The molecule has 0 N–H and O–H groups in total. The van der Waals surface area contributed by atoms with Gasteiger partial charge in [0, 0.05) is 5.56 Å². The minimum absolute atomic E-state index is 0.0782. The topological polar surface area (TPSA) is 39.4 Å². The van der Waals surface area contributed by atoms with Gasteiger partial charge in [-0.25, -0.2) is 9.50 Å². The van der Waals surface area contributed by atoms with Crippen molar-refractivity contribution in [1.29, 1.82) is 0 Å². The number of alkyl halides is 2. The molecule has 3 aromatic rings. The average molecular weight is 296 g/mol. The molecular weight excluding hydrogens is 288 g/mol. The zero-order valence-corrected chi connectivity index (χ0v) is 10.8. The number of benzene rings is 1. The van der Waals surface area contributed by atoms with E-state index in [1.807, 2.05) is 0 Å². The van der Waals surface area contributed by atoms with E-state index in [1.165, 1.54) is 12.1 Å². The van der Waals surface area contributed by atoms with Gasteiger partial charge in [0.25, 0.3) is 0 Å². The maximum atomic E-state index is 12.2. The van der Waals surface area contributed by atoms with Crippen molar-refractivity contribution in [3.63, 3.8) is 0 Å². The number of halogens is 3. The van der Waals surface area contributed by atoms with Crippen LogP contribution in [0.1, 0.15) is 0 Å². The van der Waals surface area contributed by atoms with Gasteiger partial charge in [0.2, 0.25) is 0 Å². The van der Waals surface area contributed by atoms with Crippen LogP contribution in [0.25, 0.3) is 16.9 Å². The van der Waals surface area contributed by atoms with Crippen molar-refractivity contribution in [1.82, 2.24) is 14.6 Å². The number of nitrogens with zero attached hydrogens (tertiary/aromatic N) is 3. The van der Waals surface area contributed by atoms with Crippen molar-refractivity contribution >= 4 is 17.2 Å². The lowest BCUT2D eigenvalue weighted by molar-refractivity contribution is -0.0498. The SMILES string of the molecule is FC(F)Oc1cccc(-c2cnc3ccc(Cl)nn23)c1. The van der Waals surface area contributed by atoms with Crippen LogP contribution < -0.4 is 4.74 Å². The fourth-order valence-electron chi connectivity index (χ4n) is 1.88. The predicted molar refractivity (Wildman–Crippen MR) is 70.1 cm³/mol. The first-order valence-corrected chi connectivity index (χ1v) is 6.07. The third kappa shape index (κ3) is 2.42. The molecule has 0 saturated heterocycles. The maximum Gasteiger partial charge on any atom is 0.387 e. The van der Waals surface area contributed by atoms with Gasteiger partial charge in [-0.05, 0) is 24.3 Å². The third-order valence-corrected chi connectivity index (χ3v) is 2.89. The molecule has 2 heterocycles. The quantitative estimate of drug-likeness (QED) is 0.740. The molecule has 0 aliphatic rings. The van der Waals surface area contributed by atoms with E-state index in [0.29, 0.717) is 22.1 Å². The second-order valence-electron chi connectivity index (χ2n) is 3.98. The van der Waals surface area contributed by atoms with Crippen LogP contribution in [0.5, 0.6) is 5.75 Å². The molecule has 4 nitrogen and oxygen atoms in total. The van der Waals surface area contributed by atoms with Gasteiger partial charge in [-0.1, -0.05) is 23.7 Å². The van der Waals surface area contributed by atoms with Crippen molar-refractivity contribution in [2.75, 3.05) is 0 Å². The van der Waals surface area contributed by atoms with Crippen LogP contribution in [-0.2, 0) is 0 Å². The Balaban J connectivity index is 2.08. The molecular formula is C13H8ClF2N3O. The second-order valence-corrected chi connectivity index (χ2v) is 4.36. The Morgan fingerprint density at radius 2 is 2.05 bits per heavy atom. The van der Waals surface area contributed by atoms with Gasteiger partial charge in [-0.2, -0.15) is 13.9 Å². The predicted octanol–water partition coefficient (Wildman–Crippen LogP) is 3.65. The van der Waals surface area contributed by atoms with Gasteiger partial charge in [0.05, 0.1) is 11.9 Å². The molecule has 0 unspecified atom stereocenters. The zero-order chi connectivity index (χ0) is 14.1. The fraction of sp³-hybridized carbons (Fsp3) is 0.0769. The number of hydrogen-bond acceptors (Lipinski definition) is 3. The van der Waals surface area contributed by atoms with Gasteiger partial charge in [0.15, 0.2) is 5.65 Å². The average Bonchev–Trinajstić information content (AvgIpc) is 2.81. The number of ether oxygens (including phenoxy) is 1. The summed E-state index contributed by atoms with van der Waals surface area (Å²) in [5, 5.41) is 4.45. The van der Waals surface area contributed by atoms with Crippen molar-refractivity contribution in [2.24, 2.45) is 0 Å².